The third-order valence-corrected chi connectivity index (χ3v) is 7.47. The molecule has 0 amide bonds. The molecule has 2 aliphatic heterocycles. The molecule has 4 nitrogen and oxygen atoms in total. The number of carbonyl (C=O) groups excluding carboxylic acids is 1. The molecule has 2 saturated heterocycles. The first-order chi connectivity index (χ1) is 10.0. The van der Waals surface area contributed by atoms with Crippen LogP contribution in [0, 0.1) is 5.92 Å². The van der Waals surface area contributed by atoms with Crippen molar-refractivity contribution in [1.82, 2.24) is 0 Å². The monoisotopic (exact) mass is 308 g/mol. The molecule has 2 atom stereocenters. The lowest BCUT2D eigenvalue weighted by molar-refractivity contribution is 0.0905. The number of rotatable bonds is 4. The van der Waals surface area contributed by atoms with Crippen molar-refractivity contribution >= 4 is 15.6 Å². The van der Waals surface area contributed by atoms with Gasteiger partial charge in [-0.2, -0.15) is 0 Å². The minimum Gasteiger partial charge on any atom is -0.380 e. The van der Waals surface area contributed by atoms with E-state index in [1.807, 2.05) is 24.3 Å². The Balaban J connectivity index is 1.75. The summed E-state index contributed by atoms with van der Waals surface area (Å²) in [6, 6.07) is 7.43. The Bertz CT molecular complexity index is 613. The van der Waals surface area contributed by atoms with E-state index in [-0.39, 0.29) is 22.2 Å². The molecule has 0 N–H and O–H groups in total. The second-order valence-electron chi connectivity index (χ2n) is 6.07. The molecule has 1 aromatic rings. The Kier molecular flexibility index (Phi) is 3.88. The lowest BCUT2D eigenvalue weighted by Gasteiger charge is -2.27. The highest BCUT2D eigenvalue weighted by atomic mass is 32.2. The number of ether oxygens (including phenoxy) is 1. The summed E-state index contributed by atoms with van der Waals surface area (Å²) in [5.74, 6) is -0.0509. The highest BCUT2D eigenvalue weighted by Gasteiger charge is 2.48. The van der Waals surface area contributed by atoms with Crippen LogP contribution in [0.5, 0.6) is 0 Å². The first-order valence-corrected chi connectivity index (χ1v) is 8.98. The second kappa shape index (κ2) is 5.54. The lowest BCUT2D eigenvalue weighted by atomic mass is 9.90. The summed E-state index contributed by atoms with van der Waals surface area (Å²) in [7, 11) is -1.32. The van der Waals surface area contributed by atoms with Gasteiger partial charge in [0, 0.05) is 18.6 Å². The molecular formula is C16H20O4S. The molecule has 0 aromatic heterocycles. The number of methoxy groups -OCH3 is 1. The van der Waals surface area contributed by atoms with Gasteiger partial charge in [0.15, 0.2) is 15.6 Å². The van der Waals surface area contributed by atoms with Gasteiger partial charge >= 0.3 is 0 Å². The quantitative estimate of drug-likeness (QED) is 0.801. The second-order valence-corrected chi connectivity index (χ2v) is 8.58. The maximum Gasteiger partial charge on any atom is 0.166 e. The van der Waals surface area contributed by atoms with Crippen molar-refractivity contribution in [3.05, 3.63) is 35.4 Å². The Hall–Kier alpha value is -1.20. The summed E-state index contributed by atoms with van der Waals surface area (Å²) in [5, 5.41) is -0.587. The number of benzene rings is 1. The van der Waals surface area contributed by atoms with Crippen LogP contribution in [0.25, 0.3) is 0 Å². The minimum absolute atomic E-state index is 0.0887. The molecule has 2 bridgehead atoms. The van der Waals surface area contributed by atoms with E-state index in [1.165, 1.54) is 0 Å². The fraction of sp³-hybridized carbons (Fsp3) is 0.562. The normalized spacial score (nSPS) is 30.2. The molecule has 0 spiro atoms. The fourth-order valence-electron chi connectivity index (χ4n) is 3.59. The molecule has 0 radical (unpaired) electrons. The maximum absolute atomic E-state index is 12.6. The van der Waals surface area contributed by atoms with E-state index in [0.29, 0.717) is 25.0 Å². The predicted molar refractivity (Wildman–Crippen MR) is 79.9 cm³/mol. The molecule has 0 aliphatic carbocycles. The van der Waals surface area contributed by atoms with Crippen molar-refractivity contribution in [1.29, 1.82) is 0 Å². The molecule has 2 heterocycles. The van der Waals surface area contributed by atoms with Gasteiger partial charge in [0.1, 0.15) is 0 Å². The maximum atomic E-state index is 12.6. The molecule has 2 aliphatic rings. The SMILES string of the molecule is COCc1ccc(C(=O)C2CC3CCC(C2)S3(=O)=O)cc1. The first kappa shape index (κ1) is 14.7. The summed E-state index contributed by atoms with van der Waals surface area (Å²) in [4.78, 5) is 12.6. The number of carbonyl (C=O) groups is 1. The van der Waals surface area contributed by atoms with Gasteiger partial charge in [-0.25, -0.2) is 8.42 Å². The standard InChI is InChI=1S/C16H20O4S/c1-20-10-11-2-4-12(5-3-11)16(17)13-8-14-6-7-15(9-13)21(14,18)19/h2-5,13-15H,6-10H2,1H3. The molecule has 0 saturated carbocycles. The third-order valence-electron chi connectivity index (χ3n) is 4.75. The van der Waals surface area contributed by atoms with Crippen LogP contribution in [0.1, 0.15) is 41.6 Å². The largest absolute Gasteiger partial charge is 0.380 e. The van der Waals surface area contributed by atoms with Crippen LogP contribution >= 0.6 is 0 Å². The Morgan fingerprint density at radius 1 is 1.14 bits per heavy atom. The van der Waals surface area contributed by atoms with E-state index in [1.54, 1.807) is 7.11 Å². The van der Waals surface area contributed by atoms with E-state index in [2.05, 4.69) is 0 Å². The summed E-state index contributed by atoms with van der Waals surface area (Å²) >= 11 is 0. The van der Waals surface area contributed by atoms with E-state index < -0.39 is 9.84 Å². The van der Waals surface area contributed by atoms with Crippen molar-refractivity contribution in [3.63, 3.8) is 0 Å². The van der Waals surface area contributed by atoms with Crippen LogP contribution in [0.4, 0.5) is 0 Å². The van der Waals surface area contributed by atoms with E-state index in [0.717, 1.165) is 18.4 Å². The van der Waals surface area contributed by atoms with Gasteiger partial charge in [-0.15, -0.1) is 0 Å². The zero-order chi connectivity index (χ0) is 15.0. The number of hydrogen-bond donors (Lipinski definition) is 0. The summed E-state index contributed by atoms with van der Waals surface area (Å²) in [6.07, 6.45) is 2.45. The predicted octanol–water partition coefficient (Wildman–Crippen LogP) is 2.37. The van der Waals surface area contributed by atoms with Gasteiger partial charge in [0.25, 0.3) is 0 Å². The third kappa shape index (κ3) is 2.64. The Labute approximate surface area is 125 Å². The van der Waals surface area contributed by atoms with Crippen molar-refractivity contribution in [2.75, 3.05) is 7.11 Å². The number of ketones is 1. The van der Waals surface area contributed by atoms with Crippen molar-refractivity contribution in [3.8, 4) is 0 Å². The van der Waals surface area contributed by atoms with Crippen LogP contribution in [0.2, 0.25) is 0 Å². The van der Waals surface area contributed by atoms with Crippen LogP contribution in [-0.4, -0.2) is 31.8 Å². The average molecular weight is 308 g/mol. The van der Waals surface area contributed by atoms with Gasteiger partial charge in [-0.3, -0.25) is 4.79 Å². The molecule has 21 heavy (non-hydrogen) atoms. The van der Waals surface area contributed by atoms with Crippen molar-refractivity contribution < 1.29 is 17.9 Å². The number of sulfone groups is 1. The molecule has 5 heteroatoms. The van der Waals surface area contributed by atoms with E-state index in [9.17, 15) is 13.2 Å². The van der Waals surface area contributed by atoms with Gasteiger partial charge in [0.2, 0.25) is 0 Å². The smallest absolute Gasteiger partial charge is 0.166 e. The number of fused-ring (bicyclic) bond motifs is 2. The van der Waals surface area contributed by atoms with Crippen molar-refractivity contribution in [2.24, 2.45) is 5.92 Å². The lowest BCUT2D eigenvalue weighted by Crippen LogP contribution is -2.36. The number of hydrogen-bond acceptors (Lipinski definition) is 4. The molecular weight excluding hydrogens is 288 g/mol. The molecule has 114 valence electrons. The highest BCUT2D eigenvalue weighted by Crippen LogP contribution is 2.42. The van der Waals surface area contributed by atoms with Gasteiger partial charge < -0.3 is 4.74 Å². The van der Waals surface area contributed by atoms with Gasteiger partial charge in [-0.05, 0) is 31.2 Å². The summed E-state index contributed by atoms with van der Waals surface area (Å²) in [5.41, 5.74) is 1.71. The first-order valence-electron chi connectivity index (χ1n) is 7.37. The molecule has 2 unspecified atom stereocenters. The van der Waals surface area contributed by atoms with E-state index >= 15 is 0 Å². The summed E-state index contributed by atoms with van der Waals surface area (Å²) in [6.45, 7) is 0.528. The average Bonchev–Trinajstić information content (AvgIpc) is 2.67. The zero-order valence-corrected chi connectivity index (χ0v) is 12.9. The zero-order valence-electron chi connectivity index (χ0n) is 12.1. The fourth-order valence-corrected chi connectivity index (χ4v) is 6.06. The van der Waals surface area contributed by atoms with Crippen LogP contribution < -0.4 is 0 Å². The van der Waals surface area contributed by atoms with E-state index in [4.69, 9.17) is 4.74 Å². The van der Waals surface area contributed by atoms with Gasteiger partial charge in [-0.1, -0.05) is 24.3 Å². The topological polar surface area (TPSA) is 60.4 Å². The molecule has 3 rings (SSSR count). The van der Waals surface area contributed by atoms with Gasteiger partial charge in [0.05, 0.1) is 17.1 Å². The summed E-state index contributed by atoms with van der Waals surface area (Å²) < 4.78 is 29.2. The number of Topliss-reactive ketones (excluding diaryl/α,β-unsaturated/α-hetero) is 1. The van der Waals surface area contributed by atoms with Crippen molar-refractivity contribution in [2.45, 2.75) is 42.8 Å². The minimum atomic E-state index is -2.96. The Morgan fingerprint density at radius 2 is 1.71 bits per heavy atom. The highest BCUT2D eigenvalue weighted by molar-refractivity contribution is 7.93. The molecule has 2 fully saturated rings. The van der Waals surface area contributed by atoms with Crippen LogP contribution in [0.3, 0.4) is 0 Å². The Morgan fingerprint density at radius 3 is 2.24 bits per heavy atom. The van der Waals surface area contributed by atoms with Crippen LogP contribution in [-0.2, 0) is 21.2 Å². The van der Waals surface area contributed by atoms with Crippen LogP contribution in [0.15, 0.2) is 24.3 Å². The molecule has 1 aromatic carbocycles.